The van der Waals surface area contributed by atoms with Crippen molar-refractivity contribution in [2.45, 2.75) is 65.0 Å². The normalized spacial score (nSPS) is 17.0. The molecular formula is C67H76N8O12S2. The van der Waals surface area contributed by atoms with Gasteiger partial charge in [-0.1, -0.05) is 53.6 Å². The molecule has 0 radical (unpaired) electrons. The summed E-state index contributed by atoms with van der Waals surface area (Å²) >= 11 is 3.05. The lowest BCUT2D eigenvalue weighted by Gasteiger charge is -2.35. The van der Waals surface area contributed by atoms with Gasteiger partial charge in [0.25, 0.3) is 11.8 Å². The highest BCUT2D eigenvalue weighted by Crippen LogP contribution is 2.37. The summed E-state index contributed by atoms with van der Waals surface area (Å²) in [4.78, 5) is 49.8. The average Bonchev–Trinajstić information content (AvgIpc) is 4.32. The third-order valence-electron chi connectivity index (χ3n) is 16.7. The summed E-state index contributed by atoms with van der Waals surface area (Å²) in [5.74, 6) is 7.89. The van der Waals surface area contributed by atoms with E-state index in [0.29, 0.717) is 70.5 Å². The van der Waals surface area contributed by atoms with Gasteiger partial charge in [0.15, 0.2) is 28.8 Å². The Bertz CT molecular complexity index is 3600. The molecule has 5 aliphatic heterocycles. The van der Waals surface area contributed by atoms with Crippen molar-refractivity contribution in [3.63, 3.8) is 0 Å². The predicted molar refractivity (Wildman–Crippen MR) is 337 cm³/mol. The fourth-order valence-electron chi connectivity index (χ4n) is 11.9. The Balaban J connectivity index is 0.000000173. The molecule has 2 amide bonds. The Morgan fingerprint density at radius 1 is 0.517 bits per heavy atom. The molecule has 468 valence electrons. The molecule has 0 spiro atoms. The second-order valence-electron chi connectivity index (χ2n) is 22.7. The highest BCUT2D eigenvalue weighted by molar-refractivity contribution is 7.10. The number of methoxy groups -OCH3 is 4. The first-order chi connectivity index (χ1) is 43.6. The van der Waals surface area contributed by atoms with Crippen molar-refractivity contribution >= 4 is 34.5 Å². The van der Waals surface area contributed by atoms with E-state index in [1.165, 1.54) is 33.8 Å². The van der Waals surface area contributed by atoms with Crippen molar-refractivity contribution < 1.29 is 57.0 Å². The van der Waals surface area contributed by atoms with Crippen molar-refractivity contribution in [1.29, 1.82) is 0 Å². The lowest BCUT2D eigenvalue weighted by atomic mass is 10.0. The van der Waals surface area contributed by atoms with Gasteiger partial charge in [-0.25, -0.2) is 9.97 Å². The topological polar surface area (TPSA) is 172 Å². The molecule has 7 aliphatic rings. The minimum atomic E-state index is -0.00974. The van der Waals surface area contributed by atoms with Gasteiger partial charge in [-0.2, -0.15) is 0 Å². The number of aromatic nitrogens is 2. The molecular weight excluding hydrogens is 1170 g/mol. The van der Waals surface area contributed by atoms with Crippen molar-refractivity contribution in [3.8, 4) is 46.0 Å². The Morgan fingerprint density at radius 3 is 1.52 bits per heavy atom. The highest BCUT2D eigenvalue weighted by Gasteiger charge is 2.29. The molecule has 2 aromatic heterocycles. The number of carbonyl (C=O) groups is 2. The van der Waals surface area contributed by atoms with Gasteiger partial charge in [0.05, 0.1) is 41.5 Å². The maximum atomic E-state index is 13.5. The van der Waals surface area contributed by atoms with Crippen LogP contribution in [0.4, 0.5) is 0 Å². The lowest BCUT2D eigenvalue weighted by molar-refractivity contribution is 0.0635. The Kier molecular flexibility index (Phi) is 19.9. The summed E-state index contributed by atoms with van der Waals surface area (Å²) in [6.07, 6.45) is 12.9. The number of carbonyl (C=O) groups excluding carboxylic acids is 2. The molecule has 6 aromatic rings. The van der Waals surface area contributed by atoms with Gasteiger partial charge in [0.1, 0.15) is 50.2 Å². The maximum absolute atomic E-state index is 13.5. The third kappa shape index (κ3) is 15.5. The lowest BCUT2D eigenvalue weighted by Crippen LogP contribution is -2.49. The summed E-state index contributed by atoms with van der Waals surface area (Å²) in [6, 6.07) is 23.8. The van der Waals surface area contributed by atoms with Crippen molar-refractivity contribution in [3.05, 3.63) is 174 Å². The van der Waals surface area contributed by atoms with Crippen LogP contribution in [0.5, 0.6) is 46.0 Å². The van der Waals surface area contributed by atoms with Crippen LogP contribution in [0.25, 0.3) is 0 Å². The number of nitrogens with zero attached hydrogens (tertiary/aromatic N) is 8. The molecule has 0 saturated carbocycles. The average molecular weight is 1250 g/mol. The number of allylic oxidation sites excluding steroid dienone is 5. The van der Waals surface area contributed by atoms with Crippen molar-refractivity contribution in [2.24, 2.45) is 0 Å². The number of hydrogen-bond acceptors (Lipinski definition) is 20. The van der Waals surface area contributed by atoms with Gasteiger partial charge in [-0.05, 0) is 72.9 Å². The second kappa shape index (κ2) is 29.0. The van der Waals surface area contributed by atoms with E-state index in [1.807, 2.05) is 81.2 Å². The minimum Gasteiger partial charge on any atom is -0.497 e. The molecule has 2 fully saturated rings. The molecule has 2 aliphatic carbocycles. The van der Waals surface area contributed by atoms with E-state index in [2.05, 4.69) is 56.0 Å². The van der Waals surface area contributed by atoms with Gasteiger partial charge >= 0.3 is 0 Å². The van der Waals surface area contributed by atoms with Crippen LogP contribution in [-0.4, -0.2) is 165 Å². The summed E-state index contributed by atoms with van der Waals surface area (Å²) in [5, 5.41) is 5.56. The Morgan fingerprint density at radius 2 is 1.02 bits per heavy atom. The number of rotatable bonds is 22. The Hall–Kier alpha value is -8.12. The first-order valence-corrected chi connectivity index (χ1v) is 32.0. The largest absolute Gasteiger partial charge is 0.497 e. The number of amides is 2. The highest BCUT2D eigenvalue weighted by atomic mass is 32.1. The molecule has 7 heterocycles. The van der Waals surface area contributed by atoms with Crippen LogP contribution < -0.4 is 37.9 Å². The van der Waals surface area contributed by atoms with E-state index in [0.717, 1.165) is 168 Å². The van der Waals surface area contributed by atoms with E-state index in [9.17, 15) is 9.59 Å². The molecule has 22 heteroatoms. The van der Waals surface area contributed by atoms with E-state index in [1.54, 1.807) is 28.4 Å². The fourth-order valence-corrected chi connectivity index (χ4v) is 13.5. The van der Waals surface area contributed by atoms with E-state index in [-0.39, 0.29) is 25.4 Å². The van der Waals surface area contributed by atoms with Gasteiger partial charge < -0.3 is 57.2 Å². The van der Waals surface area contributed by atoms with Crippen LogP contribution in [0.3, 0.4) is 0 Å². The van der Waals surface area contributed by atoms with Gasteiger partial charge in [0.2, 0.25) is 20.4 Å². The summed E-state index contributed by atoms with van der Waals surface area (Å²) in [6.45, 7) is 12.6. The molecule has 20 nitrogen and oxygen atoms in total. The summed E-state index contributed by atoms with van der Waals surface area (Å²) in [7, 11) is 6.63. The first kappa shape index (κ1) is 61.1. The second-order valence-corrected chi connectivity index (χ2v) is 24.6. The SMILES string of the molecule is COc1ccc(CN(Cc2ccc3c(c2)OCO3)Cc2nc(C(=O)N3CCN(CC4=CC5=C(CC4)OCO5)CC3)cs2)c(OC)c1.COc1ccc(CN(Cc2ccc3c(c2)OCO3)Cc2nc(C(=O)N3CCN(CC4=CC=CCC4)CC3)cs2)c(OC)c1. The molecule has 0 atom stereocenters. The number of fused-ring (bicyclic) bond motifs is 2. The Labute approximate surface area is 527 Å². The molecule has 0 unspecified atom stereocenters. The number of benzene rings is 4. The number of piperazine rings is 2. The zero-order valence-electron chi connectivity index (χ0n) is 50.9. The number of hydrogen-bond donors (Lipinski definition) is 0. The van der Waals surface area contributed by atoms with Crippen molar-refractivity contribution in [2.75, 3.05) is 114 Å². The van der Waals surface area contributed by atoms with Crippen LogP contribution in [-0.2, 0) is 48.7 Å². The molecule has 0 bridgehead atoms. The van der Waals surface area contributed by atoms with Crippen molar-refractivity contribution in [1.82, 2.24) is 39.4 Å². The molecule has 13 rings (SSSR count). The number of thiazole rings is 2. The first-order valence-electron chi connectivity index (χ1n) is 30.2. The molecule has 4 aromatic carbocycles. The zero-order valence-corrected chi connectivity index (χ0v) is 52.6. The van der Waals surface area contributed by atoms with Gasteiger partial charge in [0, 0.05) is 132 Å². The van der Waals surface area contributed by atoms with Gasteiger partial charge in [-0.15, -0.1) is 22.7 Å². The van der Waals surface area contributed by atoms with E-state index < -0.39 is 0 Å². The van der Waals surface area contributed by atoms with Crippen LogP contribution in [0.1, 0.15) is 78.9 Å². The zero-order chi connectivity index (χ0) is 61.1. The van der Waals surface area contributed by atoms with Crippen LogP contribution in [0.15, 0.2) is 131 Å². The van der Waals surface area contributed by atoms with Gasteiger partial charge in [-0.3, -0.25) is 29.2 Å². The molecule has 0 N–H and O–H groups in total. The third-order valence-corrected chi connectivity index (χ3v) is 18.4. The van der Waals surface area contributed by atoms with E-state index >= 15 is 0 Å². The van der Waals surface area contributed by atoms with E-state index in [4.69, 9.17) is 57.3 Å². The summed E-state index contributed by atoms with van der Waals surface area (Å²) < 4.78 is 55.5. The summed E-state index contributed by atoms with van der Waals surface area (Å²) in [5.41, 5.74) is 8.12. The van der Waals surface area contributed by atoms with Crippen LogP contribution in [0.2, 0.25) is 0 Å². The maximum Gasteiger partial charge on any atom is 0.273 e. The molecule has 2 saturated heterocycles. The smallest absolute Gasteiger partial charge is 0.273 e. The number of ether oxygens (including phenoxy) is 10. The standard InChI is InChI=1S/C34H38N4O7S.C33H38N4O5S/c1-40-26-6-5-25(30(15-26)41-2)18-37(17-24-4-8-29-32(14-24)45-22-43-29)19-33-35-27(20-46-33)34(39)38-11-9-36(10-12-38)16-23-3-7-28-31(13-23)44-21-42-28;1-39-27-10-9-26(30(17-27)40-2)20-36(19-25-8-11-29-31(16-25)42-23-41-29)21-32-34-28(22-43-32)33(38)37-14-12-35(13-15-37)18-24-6-4-3-5-7-24/h4-6,8,13-15,20H,3,7,9-12,16-19,21-22H2,1-2H3;3-4,6,8-11,16-17,22H,5,7,12-15,18-21,23H2,1-2H3. The van der Waals surface area contributed by atoms with Crippen LogP contribution >= 0.6 is 22.7 Å². The predicted octanol–water partition coefficient (Wildman–Crippen LogP) is 9.91. The van der Waals surface area contributed by atoms with Crippen LogP contribution in [0, 0.1) is 0 Å². The minimum absolute atomic E-state index is 0.00974. The molecule has 89 heavy (non-hydrogen) atoms. The fraction of sp³-hybridized carbons (Fsp3) is 0.403. The monoisotopic (exact) mass is 1250 g/mol. The quantitative estimate of drug-likeness (QED) is 0.0628.